The van der Waals surface area contributed by atoms with Crippen molar-refractivity contribution in [1.82, 2.24) is 5.32 Å². The normalized spacial score (nSPS) is 17.9. The third-order valence-corrected chi connectivity index (χ3v) is 5.17. The lowest BCUT2D eigenvalue weighted by atomic mass is 9.82. The van der Waals surface area contributed by atoms with Gasteiger partial charge in [-0.15, -0.1) is 0 Å². The number of para-hydroxylation sites is 1. The number of aryl methyl sites for hydroxylation is 1. The van der Waals surface area contributed by atoms with Crippen LogP contribution < -0.4 is 10.2 Å². The fraction of sp³-hybridized carbons (Fsp3) is 0.478. The Bertz CT molecular complexity index is 803. The number of fused-ring (bicyclic) bond motifs is 1. The maximum absolute atomic E-state index is 14.1. The van der Waals surface area contributed by atoms with E-state index in [1.165, 1.54) is 17.2 Å². The molecule has 0 fully saturated rings. The van der Waals surface area contributed by atoms with Gasteiger partial charge in [0.2, 0.25) is 6.41 Å². The number of hydrogen-bond acceptors (Lipinski definition) is 4. The van der Waals surface area contributed by atoms with Crippen molar-refractivity contribution in [2.24, 2.45) is 0 Å². The zero-order chi connectivity index (χ0) is 20.3. The molecule has 2 atom stereocenters. The number of aliphatic hydroxyl groups excluding tert-OH is 1. The predicted molar refractivity (Wildman–Crippen MR) is 111 cm³/mol. The summed E-state index contributed by atoms with van der Waals surface area (Å²) in [6.45, 7) is 6.41. The van der Waals surface area contributed by atoms with E-state index in [-0.39, 0.29) is 5.82 Å². The molecule has 3 rings (SSSR count). The number of rotatable bonds is 6. The van der Waals surface area contributed by atoms with Crippen LogP contribution in [0.5, 0.6) is 0 Å². The Balaban J connectivity index is 1.72. The Hall–Kier alpha value is -1.95. The SMILES string of the molecule is CN(c1ccc2c(c1)CCC[C@H]2CNC(O)OC(C)(C)C)c1ccccc1F. The standard InChI is InChI=1S/C23H31FN2O2/c1-23(2,3)28-22(27)25-15-17-9-7-8-16-14-18(12-13-19(16)17)26(4)21-11-6-5-10-20(21)24/h5-6,10-14,17,22,25,27H,7-9,15H2,1-4H3/t17-,22?/m0/s1. The minimum Gasteiger partial charge on any atom is -0.356 e. The van der Waals surface area contributed by atoms with Gasteiger partial charge in [-0.2, -0.15) is 0 Å². The van der Waals surface area contributed by atoms with E-state index >= 15 is 0 Å². The van der Waals surface area contributed by atoms with Gasteiger partial charge in [-0.25, -0.2) is 4.39 Å². The maximum atomic E-state index is 14.1. The van der Waals surface area contributed by atoms with Crippen LogP contribution in [-0.2, 0) is 11.2 Å². The molecule has 0 bridgehead atoms. The van der Waals surface area contributed by atoms with Crippen molar-refractivity contribution in [2.45, 2.75) is 58.0 Å². The Morgan fingerprint density at radius 1 is 1.25 bits per heavy atom. The van der Waals surface area contributed by atoms with E-state index in [1.807, 2.05) is 44.9 Å². The molecule has 2 aromatic rings. The minimum atomic E-state index is -0.975. The zero-order valence-corrected chi connectivity index (χ0v) is 17.2. The first kappa shape index (κ1) is 20.8. The van der Waals surface area contributed by atoms with E-state index in [0.29, 0.717) is 18.2 Å². The predicted octanol–water partition coefficient (Wildman–Crippen LogP) is 4.69. The Labute approximate surface area is 167 Å². The summed E-state index contributed by atoms with van der Waals surface area (Å²) < 4.78 is 19.7. The van der Waals surface area contributed by atoms with Gasteiger partial charge in [-0.3, -0.25) is 5.32 Å². The largest absolute Gasteiger partial charge is 0.356 e. The monoisotopic (exact) mass is 386 g/mol. The van der Waals surface area contributed by atoms with Gasteiger partial charge < -0.3 is 14.7 Å². The van der Waals surface area contributed by atoms with Crippen molar-refractivity contribution >= 4 is 11.4 Å². The van der Waals surface area contributed by atoms with Gasteiger partial charge in [0.05, 0.1) is 11.3 Å². The summed E-state index contributed by atoms with van der Waals surface area (Å²) in [7, 11) is 1.89. The number of hydrogen-bond donors (Lipinski definition) is 2. The Morgan fingerprint density at radius 2 is 2.00 bits per heavy atom. The van der Waals surface area contributed by atoms with Crippen molar-refractivity contribution in [3.8, 4) is 0 Å². The van der Waals surface area contributed by atoms with Crippen LogP contribution >= 0.6 is 0 Å². The molecule has 1 unspecified atom stereocenters. The first-order valence-corrected chi connectivity index (χ1v) is 9.95. The highest BCUT2D eigenvalue weighted by molar-refractivity contribution is 5.64. The number of aliphatic hydroxyl groups is 1. The summed E-state index contributed by atoms with van der Waals surface area (Å²) in [4.78, 5) is 1.89. The van der Waals surface area contributed by atoms with Gasteiger partial charge in [-0.05, 0) is 81.3 Å². The van der Waals surface area contributed by atoms with Crippen LogP contribution in [0.15, 0.2) is 42.5 Å². The van der Waals surface area contributed by atoms with Gasteiger partial charge >= 0.3 is 0 Å². The van der Waals surface area contributed by atoms with Crippen LogP contribution in [-0.4, -0.2) is 30.7 Å². The molecule has 0 aliphatic heterocycles. The number of benzene rings is 2. The summed E-state index contributed by atoms with van der Waals surface area (Å²) in [6.07, 6.45) is 2.22. The maximum Gasteiger partial charge on any atom is 0.214 e. The Morgan fingerprint density at radius 3 is 2.71 bits per heavy atom. The topological polar surface area (TPSA) is 44.7 Å². The summed E-state index contributed by atoms with van der Waals surface area (Å²) >= 11 is 0. The molecule has 0 saturated heterocycles. The number of halogens is 1. The summed E-state index contributed by atoms with van der Waals surface area (Å²) in [5, 5.41) is 13.2. The van der Waals surface area contributed by atoms with Crippen molar-refractivity contribution in [2.75, 3.05) is 18.5 Å². The number of ether oxygens (including phenoxy) is 1. The second-order valence-electron chi connectivity index (χ2n) is 8.47. The van der Waals surface area contributed by atoms with Crippen LogP contribution in [0, 0.1) is 5.82 Å². The molecule has 4 nitrogen and oxygen atoms in total. The van der Waals surface area contributed by atoms with Gasteiger partial charge in [0.25, 0.3) is 0 Å². The molecule has 2 N–H and O–H groups in total. The lowest BCUT2D eigenvalue weighted by Gasteiger charge is -2.30. The molecular formula is C23H31FN2O2. The first-order chi connectivity index (χ1) is 13.2. The molecule has 0 radical (unpaired) electrons. The third kappa shape index (κ3) is 5.10. The molecule has 5 heteroatoms. The van der Waals surface area contributed by atoms with Crippen molar-refractivity contribution in [3.05, 3.63) is 59.4 Å². The van der Waals surface area contributed by atoms with Crippen molar-refractivity contribution in [3.63, 3.8) is 0 Å². The Kier molecular flexibility index (Phi) is 6.38. The molecule has 28 heavy (non-hydrogen) atoms. The van der Waals surface area contributed by atoms with Crippen LogP contribution in [0.2, 0.25) is 0 Å². The van der Waals surface area contributed by atoms with Crippen LogP contribution in [0.3, 0.4) is 0 Å². The summed E-state index contributed by atoms with van der Waals surface area (Å²) in [6, 6.07) is 13.2. The molecule has 152 valence electrons. The van der Waals surface area contributed by atoms with Crippen LogP contribution in [0.4, 0.5) is 15.8 Å². The van der Waals surface area contributed by atoms with E-state index < -0.39 is 12.0 Å². The molecule has 2 aromatic carbocycles. The van der Waals surface area contributed by atoms with E-state index in [0.717, 1.165) is 24.9 Å². The fourth-order valence-electron chi connectivity index (χ4n) is 3.80. The van der Waals surface area contributed by atoms with Gasteiger partial charge in [0.15, 0.2) is 0 Å². The summed E-state index contributed by atoms with van der Waals surface area (Å²) in [5.74, 6) is 0.104. The van der Waals surface area contributed by atoms with E-state index in [9.17, 15) is 9.50 Å². The summed E-state index contributed by atoms with van der Waals surface area (Å²) in [5.41, 5.74) is 3.74. The molecule has 0 aromatic heterocycles. The first-order valence-electron chi connectivity index (χ1n) is 9.95. The zero-order valence-electron chi connectivity index (χ0n) is 17.2. The molecule has 0 heterocycles. The second kappa shape index (κ2) is 8.60. The average molecular weight is 387 g/mol. The third-order valence-electron chi connectivity index (χ3n) is 5.17. The van der Waals surface area contributed by atoms with Crippen molar-refractivity contribution in [1.29, 1.82) is 0 Å². The van der Waals surface area contributed by atoms with Gasteiger partial charge in [-0.1, -0.05) is 18.2 Å². The molecule has 1 aliphatic rings. The van der Waals surface area contributed by atoms with Crippen LogP contribution in [0.1, 0.15) is 50.7 Å². The lowest BCUT2D eigenvalue weighted by Crippen LogP contribution is -2.40. The molecule has 0 saturated carbocycles. The molecular weight excluding hydrogens is 355 g/mol. The van der Waals surface area contributed by atoms with E-state index in [1.54, 1.807) is 12.1 Å². The highest BCUT2D eigenvalue weighted by atomic mass is 19.1. The highest BCUT2D eigenvalue weighted by Gasteiger charge is 2.23. The minimum absolute atomic E-state index is 0.224. The van der Waals surface area contributed by atoms with E-state index in [4.69, 9.17) is 4.74 Å². The van der Waals surface area contributed by atoms with Crippen molar-refractivity contribution < 1.29 is 14.2 Å². The van der Waals surface area contributed by atoms with Gasteiger partial charge in [0, 0.05) is 19.3 Å². The number of nitrogens with one attached hydrogen (secondary N) is 1. The quantitative estimate of drug-likeness (QED) is 0.707. The van der Waals surface area contributed by atoms with Crippen LogP contribution in [0.25, 0.3) is 0 Å². The fourth-order valence-corrected chi connectivity index (χ4v) is 3.80. The average Bonchev–Trinajstić information content (AvgIpc) is 2.64. The molecule has 0 spiro atoms. The highest BCUT2D eigenvalue weighted by Crippen LogP contribution is 2.35. The molecule has 1 aliphatic carbocycles. The lowest BCUT2D eigenvalue weighted by molar-refractivity contribution is -0.181. The number of nitrogens with zero attached hydrogens (tertiary/aromatic N) is 1. The van der Waals surface area contributed by atoms with Gasteiger partial charge in [0.1, 0.15) is 5.82 Å². The number of anilines is 2. The van der Waals surface area contributed by atoms with E-state index in [2.05, 4.69) is 17.4 Å². The molecule has 0 amide bonds. The second-order valence-corrected chi connectivity index (χ2v) is 8.47. The smallest absolute Gasteiger partial charge is 0.214 e.